The fourth-order valence-corrected chi connectivity index (χ4v) is 7.81. The van der Waals surface area contributed by atoms with Crippen molar-refractivity contribution in [2.75, 3.05) is 13.1 Å². The molecule has 0 aromatic heterocycles. The highest BCUT2D eigenvalue weighted by atomic mass is 16.6. The largest absolute Gasteiger partial charge is 0.458 e. The number of ketones is 1. The van der Waals surface area contributed by atoms with Crippen LogP contribution in [0.15, 0.2) is 23.3 Å². The van der Waals surface area contributed by atoms with Crippen LogP contribution in [0.2, 0.25) is 0 Å². The lowest BCUT2D eigenvalue weighted by molar-refractivity contribution is -0.160. The van der Waals surface area contributed by atoms with Gasteiger partial charge >= 0.3 is 5.97 Å². The van der Waals surface area contributed by atoms with Crippen molar-refractivity contribution in [3.63, 3.8) is 0 Å². The van der Waals surface area contributed by atoms with E-state index in [1.165, 1.54) is 5.57 Å². The van der Waals surface area contributed by atoms with Gasteiger partial charge in [0, 0.05) is 23.7 Å². The van der Waals surface area contributed by atoms with Crippen LogP contribution in [0, 0.1) is 28.6 Å². The van der Waals surface area contributed by atoms with E-state index in [0.717, 1.165) is 51.6 Å². The number of allylic oxidation sites excluding steroid dienone is 4. The van der Waals surface area contributed by atoms with Crippen molar-refractivity contribution in [2.45, 2.75) is 77.7 Å². The minimum Gasteiger partial charge on any atom is -0.458 e. The highest BCUT2D eigenvalue weighted by molar-refractivity contribution is 5.92. The highest BCUT2D eigenvalue weighted by Crippen LogP contribution is 2.68. The fraction of sp³-hybridized carbons (Fsp3) is 0.760. The van der Waals surface area contributed by atoms with Crippen LogP contribution in [0.25, 0.3) is 0 Å². The Balaban J connectivity index is 1.58. The van der Waals surface area contributed by atoms with Crippen molar-refractivity contribution in [1.29, 1.82) is 0 Å². The molecule has 4 aliphatic carbocycles. The van der Waals surface area contributed by atoms with Gasteiger partial charge in [0.15, 0.2) is 5.78 Å². The number of ether oxygens (including phenoxy) is 1. The summed E-state index contributed by atoms with van der Waals surface area (Å²) in [4.78, 5) is 24.3. The summed E-state index contributed by atoms with van der Waals surface area (Å²) in [5.74, 6) is 1.91. The standard InChI is InChI=1S/C25H35NO3/c1-4-26-15-16-13-17-14-18(27)5-9-23(17,2)19-6-10-24(3)20(22(16)19)7-11-25(24)12-8-21(28)29-25/h6,14,16,20,22,26H,4-5,7-13,15H2,1-3H3/t16-,20?,22?,23-,24-,25+/m0/s1. The van der Waals surface area contributed by atoms with Crippen LogP contribution in [0.4, 0.5) is 0 Å². The molecule has 0 amide bonds. The molecule has 1 N–H and O–H groups in total. The van der Waals surface area contributed by atoms with Crippen molar-refractivity contribution in [3.8, 4) is 0 Å². The first-order valence-corrected chi connectivity index (χ1v) is 11.7. The Labute approximate surface area is 174 Å². The average molecular weight is 398 g/mol. The average Bonchev–Trinajstić information content (AvgIpc) is 3.21. The van der Waals surface area contributed by atoms with Gasteiger partial charge in [-0.15, -0.1) is 0 Å². The SMILES string of the molecule is CCNC[C@@H]1CC2=CC(=O)CC[C@]2(C)C2=CC[C@@]3(C)C(CC[C@@]34CCC(=O)O4)C21. The fourth-order valence-electron chi connectivity index (χ4n) is 7.81. The summed E-state index contributed by atoms with van der Waals surface area (Å²) in [7, 11) is 0. The zero-order valence-electron chi connectivity index (χ0n) is 18.2. The molecule has 2 saturated carbocycles. The van der Waals surface area contributed by atoms with Gasteiger partial charge in [-0.2, -0.15) is 0 Å². The molecule has 0 radical (unpaired) electrons. The van der Waals surface area contributed by atoms with Crippen LogP contribution in [0.5, 0.6) is 0 Å². The number of carbonyl (C=O) groups is 2. The van der Waals surface area contributed by atoms with Crippen LogP contribution in [-0.4, -0.2) is 30.4 Å². The molecule has 5 aliphatic rings. The maximum Gasteiger partial charge on any atom is 0.306 e. The molecule has 1 saturated heterocycles. The minimum absolute atomic E-state index is 0.00234. The lowest BCUT2D eigenvalue weighted by atomic mass is 9.48. The first-order chi connectivity index (χ1) is 13.8. The molecule has 2 unspecified atom stereocenters. The van der Waals surface area contributed by atoms with Gasteiger partial charge in [-0.3, -0.25) is 9.59 Å². The van der Waals surface area contributed by atoms with Gasteiger partial charge in [0.05, 0.1) is 0 Å². The summed E-state index contributed by atoms with van der Waals surface area (Å²) in [6.07, 6.45) is 11.8. The number of nitrogens with one attached hydrogen (secondary N) is 1. The van der Waals surface area contributed by atoms with E-state index in [1.54, 1.807) is 5.57 Å². The Morgan fingerprint density at radius 3 is 2.72 bits per heavy atom. The van der Waals surface area contributed by atoms with Gasteiger partial charge in [0.1, 0.15) is 5.60 Å². The smallest absolute Gasteiger partial charge is 0.306 e. The third kappa shape index (κ3) is 2.60. The van der Waals surface area contributed by atoms with Gasteiger partial charge in [0.2, 0.25) is 0 Å². The zero-order valence-corrected chi connectivity index (χ0v) is 18.2. The summed E-state index contributed by atoms with van der Waals surface area (Å²) in [6.45, 7) is 8.93. The molecule has 4 nitrogen and oxygen atoms in total. The summed E-state index contributed by atoms with van der Waals surface area (Å²) >= 11 is 0. The topological polar surface area (TPSA) is 55.4 Å². The maximum absolute atomic E-state index is 12.2. The van der Waals surface area contributed by atoms with Crippen LogP contribution in [0.1, 0.15) is 72.1 Å². The van der Waals surface area contributed by atoms with Crippen LogP contribution < -0.4 is 5.32 Å². The van der Waals surface area contributed by atoms with Gasteiger partial charge in [-0.1, -0.05) is 38.0 Å². The van der Waals surface area contributed by atoms with Crippen LogP contribution >= 0.6 is 0 Å². The van der Waals surface area contributed by atoms with E-state index in [2.05, 4.69) is 32.2 Å². The van der Waals surface area contributed by atoms with Crippen molar-refractivity contribution in [1.82, 2.24) is 5.32 Å². The van der Waals surface area contributed by atoms with Crippen LogP contribution in [-0.2, 0) is 14.3 Å². The van der Waals surface area contributed by atoms with E-state index in [4.69, 9.17) is 4.74 Å². The number of carbonyl (C=O) groups excluding carboxylic acids is 2. The molecule has 6 atom stereocenters. The molecule has 1 heterocycles. The number of rotatable bonds is 3. The van der Waals surface area contributed by atoms with E-state index < -0.39 is 0 Å². The van der Waals surface area contributed by atoms with E-state index in [9.17, 15) is 9.59 Å². The third-order valence-corrected chi connectivity index (χ3v) is 9.50. The Morgan fingerprint density at radius 2 is 2.00 bits per heavy atom. The second-order valence-electron chi connectivity index (χ2n) is 10.7. The van der Waals surface area contributed by atoms with E-state index >= 15 is 0 Å². The van der Waals surface area contributed by atoms with Crippen molar-refractivity contribution >= 4 is 11.8 Å². The van der Waals surface area contributed by atoms with Gasteiger partial charge < -0.3 is 10.1 Å². The minimum atomic E-state index is -0.251. The zero-order chi connectivity index (χ0) is 20.4. The molecule has 0 bridgehead atoms. The van der Waals surface area contributed by atoms with Crippen molar-refractivity contribution in [3.05, 3.63) is 23.3 Å². The van der Waals surface area contributed by atoms with Crippen LogP contribution in [0.3, 0.4) is 0 Å². The Bertz CT molecular complexity index is 813. The van der Waals surface area contributed by atoms with E-state index in [0.29, 0.717) is 36.4 Å². The Hall–Kier alpha value is -1.42. The predicted molar refractivity (Wildman–Crippen MR) is 112 cm³/mol. The maximum atomic E-state index is 12.2. The van der Waals surface area contributed by atoms with Crippen molar-refractivity contribution < 1.29 is 14.3 Å². The molecule has 158 valence electrons. The quantitative estimate of drug-likeness (QED) is 0.568. The summed E-state index contributed by atoms with van der Waals surface area (Å²) < 4.78 is 6.08. The number of hydrogen-bond acceptors (Lipinski definition) is 4. The van der Waals surface area contributed by atoms with E-state index in [1.807, 2.05) is 6.08 Å². The molecule has 0 aromatic rings. The second kappa shape index (κ2) is 6.54. The van der Waals surface area contributed by atoms with Gasteiger partial charge in [-0.05, 0) is 75.4 Å². The first kappa shape index (κ1) is 19.5. The number of fused-ring (bicyclic) bond motifs is 6. The predicted octanol–water partition coefficient (Wildman–Crippen LogP) is 4.35. The molecule has 0 aromatic carbocycles. The second-order valence-corrected chi connectivity index (χ2v) is 10.7. The normalized spacial score (nSPS) is 46.0. The monoisotopic (exact) mass is 397 g/mol. The summed E-state index contributed by atoms with van der Waals surface area (Å²) in [5, 5.41) is 3.61. The molecular formula is C25H35NO3. The molecule has 29 heavy (non-hydrogen) atoms. The molecule has 3 fully saturated rings. The summed E-state index contributed by atoms with van der Waals surface area (Å²) in [5.41, 5.74) is 2.79. The summed E-state index contributed by atoms with van der Waals surface area (Å²) in [6, 6.07) is 0. The number of esters is 1. The van der Waals surface area contributed by atoms with Gasteiger partial charge in [0.25, 0.3) is 0 Å². The van der Waals surface area contributed by atoms with Gasteiger partial charge in [-0.25, -0.2) is 0 Å². The van der Waals surface area contributed by atoms with Crippen molar-refractivity contribution in [2.24, 2.45) is 28.6 Å². The molecule has 5 rings (SSSR count). The van der Waals surface area contributed by atoms with E-state index in [-0.39, 0.29) is 22.4 Å². The highest BCUT2D eigenvalue weighted by Gasteiger charge is 2.66. The lowest BCUT2D eigenvalue weighted by Crippen LogP contribution is -2.53. The molecule has 1 aliphatic heterocycles. The lowest BCUT2D eigenvalue weighted by Gasteiger charge is -2.57. The first-order valence-electron chi connectivity index (χ1n) is 11.7. The Morgan fingerprint density at radius 1 is 1.17 bits per heavy atom. The third-order valence-electron chi connectivity index (χ3n) is 9.50. The molecule has 4 heteroatoms. The molecule has 1 spiro atoms. The molecular weight excluding hydrogens is 362 g/mol. The Kier molecular flexibility index (Phi) is 4.40. The number of hydrogen-bond donors (Lipinski definition) is 1.